The molecular weight excluding hydrogens is 343 g/mol. The zero-order chi connectivity index (χ0) is 17.8. The Morgan fingerprint density at radius 1 is 1.16 bits per heavy atom. The third kappa shape index (κ3) is 3.58. The summed E-state index contributed by atoms with van der Waals surface area (Å²) in [5, 5.41) is 11.2. The highest BCUT2D eigenvalue weighted by Gasteiger charge is 2.12. The van der Waals surface area contributed by atoms with Crippen LogP contribution in [0.15, 0.2) is 47.6 Å². The number of rotatable bonds is 5. The number of halogens is 1. The van der Waals surface area contributed by atoms with Crippen LogP contribution in [0.25, 0.3) is 11.4 Å². The molecular formula is C17H15FN4O2S. The van der Waals surface area contributed by atoms with Gasteiger partial charge in [0.2, 0.25) is 4.77 Å². The van der Waals surface area contributed by atoms with E-state index in [0.717, 1.165) is 5.56 Å². The monoisotopic (exact) mass is 358 g/mol. The van der Waals surface area contributed by atoms with Gasteiger partial charge in [0.25, 0.3) is 0 Å². The van der Waals surface area contributed by atoms with Crippen molar-refractivity contribution in [3.05, 3.63) is 58.6 Å². The molecule has 0 spiro atoms. The van der Waals surface area contributed by atoms with Gasteiger partial charge in [-0.05, 0) is 48.1 Å². The minimum Gasteiger partial charge on any atom is -0.493 e. The third-order valence-electron chi connectivity index (χ3n) is 3.46. The van der Waals surface area contributed by atoms with Gasteiger partial charge in [0.15, 0.2) is 17.3 Å². The summed E-state index contributed by atoms with van der Waals surface area (Å²) in [6, 6.07) is 11.5. The lowest BCUT2D eigenvalue weighted by atomic mass is 10.2. The van der Waals surface area contributed by atoms with Crippen molar-refractivity contribution in [1.82, 2.24) is 14.9 Å². The van der Waals surface area contributed by atoms with Crippen LogP contribution < -0.4 is 9.47 Å². The van der Waals surface area contributed by atoms with Crippen LogP contribution >= 0.6 is 12.2 Å². The second kappa shape index (κ2) is 7.27. The van der Waals surface area contributed by atoms with E-state index in [-0.39, 0.29) is 5.82 Å². The van der Waals surface area contributed by atoms with Crippen LogP contribution in [-0.4, -0.2) is 35.3 Å². The van der Waals surface area contributed by atoms with E-state index in [4.69, 9.17) is 21.7 Å². The van der Waals surface area contributed by atoms with Crippen molar-refractivity contribution in [3.63, 3.8) is 0 Å². The van der Waals surface area contributed by atoms with Crippen molar-refractivity contribution in [1.29, 1.82) is 0 Å². The number of benzene rings is 2. The predicted molar refractivity (Wildman–Crippen MR) is 95.3 cm³/mol. The molecule has 0 radical (unpaired) electrons. The number of nitrogens with zero attached hydrogens (tertiary/aromatic N) is 3. The molecule has 6 nitrogen and oxygen atoms in total. The second-order valence-electron chi connectivity index (χ2n) is 5.03. The molecule has 1 N–H and O–H groups in total. The molecule has 0 unspecified atom stereocenters. The fourth-order valence-corrected chi connectivity index (χ4v) is 2.45. The topological polar surface area (TPSA) is 64.4 Å². The zero-order valence-electron chi connectivity index (χ0n) is 13.6. The van der Waals surface area contributed by atoms with E-state index >= 15 is 0 Å². The van der Waals surface area contributed by atoms with Crippen molar-refractivity contribution in [3.8, 4) is 22.9 Å². The summed E-state index contributed by atoms with van der Waals surface area (Å²) < 4.78 is 25.6. The molecule has 3 aromatic rings. The average molecular weight is 358 g/mol. The van der Waals surface area contributed by atoms with E-state index in [1.807, 2.05) is 6.07 Å². The number of hydrogen-bond acceptors (Lipinski definition) is 5. The van der Waals surface area contributed by atoms with E-state index in [1.165, 1.54) is 23.0 Å². The number of H-pyrrole nitrogens is 1. The fraction of sp³-hybridized carbons (Fsp3) is 0.118. The molecule has 0 atom stereocenters. The summed E-state index contributed by atoms with van der Waals surface area (Å²) in [6.45, 7) is 0. The molecule has 0 saturated heterocycles. The highest BCUT2D eigenvalue weighted by molar-refractivity contribution is 7.71. The molecule has 0 bridgehead atoms. The van der Waals surface area contributed by atoms with Gasteiger partial charge in [-0.15, -0.1) is 0 Å². The van der Waals surface area contributed by atoms with Gasteiger partial charge in [-0.1, -0.05) is 12.1 Å². The maximum Gasteiger partial charge on any atom is 0.216 e. The van der Waals surface area contributed by atoms with E-state index < -0.39 is 0 Å². The molecule has 3 rings (SSSR count). The van der Waals surface area contributed by atoms with Crippen molar-refractivity contribution in [2.45, 2.75) is 0 Å². The van der Waals surface area contributed by atoms with Gasteiger partial charge >= 0.3 is 0 Å². The highest BCUT2D eigenvalue weighted by Crippen LogP contribution is 2.31. The molecule has 0 saturated carbocycles. The van der Waals surface area contributed by atoms with Crippen molar-refractivity contribution in [2.75, 3.05) is 14.2 Å². The van der Waals surface area contributed by atoms with Crippen LogP contribution in [0.1, 0.15) is 5.56 Å². The lowest BCUT2D eigenvalue weighted by Crippen LogP contribution is -1.97. The number of aromatic amines is 1. The predicted octanol–water partition coefficient (Wildman–Crippen LogP) is 3.65. The van der Waals surface area contributed by atoms with Crippen LogP contribution in [0, 0.1) is 10.6 Å². The number of hydrogen-bond donors (Lipinski definition) is 1. The Bertz CT molecular complexity index is 981. The van der Waals surface area contributed by atoms with Crippen molar-refractivity contribution in [2.24, 2.45) is 5.10 Å². The average Bonchev–Trinajstić information content (AvgIpc) is 3.00. The van der Waals surface area contributed by atoms with Crippen LogP contribution in [0.2, 0.25) is 0 Å². The SMILES string of the molecule is COc1ccc(-c2n[nH]c(=S)n2/N=C/c2cccc(F)c2)cc1OC. The number of aromatic nitrogens is 3. The normalized spacial score (nSPS) is 11.0. The molecule has 0 aliphatic rings. The molecule has 0 fully saturated rings. The second-order valence-corrected chi connectivity index (χ2v) is 5.42. The summed E-state index contributed by atoms with van der Waals surface area (Å²) in [7, 11) is 3.12. The van der Waals surface area contributed by atoms with Gasteiger partial charge in [0.05, 0.1) is 20.4 Å². The quantitative estimate of drug-likeness (QED) is 0.559. The van der Waals surface area contributed by atoms with E-state index in [1.54, 1.807) is 38.5 Å². The molecule has 0 aliphatic carbocycles. The number of methoxy groups -OCH3 is 2. The lowest BCUT2D eigenvalue weighted by Gasteiger charge is -2.09. The lowest BCUT2D eigenvalue weighted by molar-refractivity contribution is 0.355. The standard InChI is InChI=1S/C17H15FN4O2S/c1-23-14-7-6-12(9-15(14)24-2)16-20-21-17(25)22(16)19-10-11-4-3-5-13(18)8-11/h3-10H,1-2H3,(H,21,25)/b19-10+. The van der Waals surface area contributed by atoms with Crippen LogP contribution in [-0.2, 0) is 0 Å². The smallest absolute Gasteiger partial charge is 0.216 e. The first-order chi connectivity index (χ1) is 12.1. The molecule has 8 heteroatoms. The summed E-state index contributed by atoms with van der Waals surface area (Å²) >= 11 is 5.23. The maximum atomic E-state index is 13.3. The van der Waals surface area contributed by atoms with Crippen LogP contribution in [0.5, 0.6) is 11.5 Å². The summed E-state index contributed by atoms with van der Waals surface area (Å²) in [5.74, 6) is 1.34. The summed E-state index contributed by atoms with van der Waals surface area (Å²) in [6.07, 6.45) is 1.51. The Morgan fingerprint density at radius 3 is 2.68 bits per heavy atom. The first-order valence-corrected chi connectivity index (χ1v) is 7.73. The van der Waals surface area contributed by atoms with Gasteiger partial charge in [0, 0.05) is 5.56 Å². The van der Waals surface area contributed by atoms with Gasteiger partial charge in [-0.2, -0.15) is 14.9 Å². The summed E-state index contributed by atoms with van der Waals surface area (Å²) in [4.78, 5) is 0. The Hall–Kier alpha value is -3.00. The van der Waals surface area contributed by atoms with E-state index in [9.17, 15) is 4.39 Å². The summed E-state index contributed by atoms with van der Waals surface area (Å²) in [5.41, 5.74) is 1.35. The van der Waals surface area contributed by atoms with E-state index in [0.29, 0.717) is 27.7 Å². The van der Waals surface area contributed by atoms with Crippen molar-refractivity contribution < 1.29 is 13.9 Å². The van der Waals surface area contributed by atoms with Gasteiger partial charge in [-0.25, -0.2) is 9.49 Å². The molecule has 0 aliphatic heterocycles. The van der Waals surface area contributed by atoms with Gasteiger partial charge in [-0.3, -0.25) is 0 Å². The Kier molecular flexibility index (Phi) is 4.90. The van der Waals surface area contributed by atoms with Gasteiger partial charge < -0.3 is 9.47 Å². The first-order valence-electron chi connectivity index (χ1n) is 7.32. The Balaban J connectivity index is 2.01. The molecule has 2 aromatic carbocycles. The molecule has 1 aromatic heterocycles. The fourth-order valence-electron chi connectivity index (χ4n) is 2.27. The zero-order valence-corrected chi connectivity index (χ0v) is 14.4. The Morgan fingerprint density at radius 2 is 1.96 bits per heavy atom. The molecule has 25 heavy (non-hydrogen) atoms. The minimum atomic E-state index is -0.333. The third-order valence-corrected chi connectivity index (χ3v) is 3.73. The highest BCUT2D eigenvalue weighted by atomic mass is 32.1. The van der Waals surface area contributed by atoms with Gasteiger partial charge in [0.1, 0.15) is 5.82 Å². The van der Waals surface area contributed by atoms with E-state index in [2.05, 4.69) is 15.3 Å². The van der Waals surface area contributed by atoms with Crippen LogP contribution in [0.4, 0.5) is 4.39 Å². The Labute approximate surface area is 148 Å². The van der Waals surface area contributed by atoms with Crippen LogP contribution in [0.3, 0.4) is 0 Å². The maximum absolute atomic E-state index is 13.3. The molecule has 0 amide bonds. The largest absolute Gasteiger partial charge is 0.493 e. The molecule has 128 valence electrons. The minimum absolute atomic E-state index is 0.317. The van der Waals surface area contributed by atoms with Crippen molar-refractivity contribution >= 4 is 18.4 Å². The number of nitrogens with one attached hydrogen (secondary N) is 1. The first kappa shape index (κ1) is 16.8. The number of ether oxygens (including phenoxy) is 2. The molecule has 1 heterocycles.